The molecule has 0 fully saturated rings. The molecule has 0 bridgehead atoms. The van der Waals surface area contributed by atoms with Gasteiger partial charge in [0.1, 0.15) is 5.76 Å². The van der Waals surface area contributed by atoms with E-state index in [1.807, 2.05) is 6.92 Å². The molecule has 1 atom stereocenters. The molecule has 1 unspecified atom stereocenters. The Kier molecular flexibility index (Phi) is 2.67. The second kappa shape index (κ2) is 4.19. The maximum atomic E-state index is 5.79. The van der Waals surface area contributed by atoms with E-state index in [9.17, 15) is 0 Å². The highest BCUT2D eigenvalue weighted by Gasteiger charge is 2.29. The van der Waals surface area contributed by atoms with Gasteiger partial charge in [-0.25, -0.2) is 0 Å². The maximum absolute atomic E-state index is 5.79. The molecule has 90 valence electrons. The number of nitrogens with zero attached hydrogens (tertiary/aromatic N) is 1. The summed E-state index contributed by atoms with van der Waals surface area (Å²) in [5.41, 5.74) is 4.32. The SMILES string of the molecule is CC1=CCN(C2CCCc3ccc(C)cc32)O1. The predicted octanol–water partition coefficient (Wildman–Crippen LogP) is 3.52. The van der Waals surface area contributed by atoms with Crippen molar-refractivity contribution in [2.24, 2.45) is 0 Å². The third-order valence-corrected chi connectivity index (χ3v) is 3.75. The quantitative estimate of drug-likeness (QED) is 0.730. The summed E-state index contributed by atoms with van der Waals surface area (Å²) in [5.74, 6) is 1.03. The summed E-state index contributed by atoms with van der Waals surface area (Å²) in [4.78, 5) is 5.79. The average molecular weight is 229 g/mol. The number of hydrogen-bond donors (Lipinski definition) is 0. The minimum atomic E-state index is 0.437. The van der Waals surface area contributed by atoms with Crippen molar-refractivity contribution in [3.63, 3.8) is 0 Å². The summed E-state index contributed by atoms with van der Waals surface area (Å²) in [6, 6.07) is 7.27. The number of aryl methyl sites for hydroxylation is 2. The zero-order chi connectivity index (χ0) is 11.8. The Bertz CT molecular complexity index is 464. The lowest BCUT2D eigenvalue weighted by atomic mass is 9.86. The van der Waals surface area contributed by atoms with Crippen LogP contribution in [0.5, 0.6) is 0 Å². The molecule has 0 aromatic heterocycles. The van der Waals surface area contributed by atoms with Gasteiger partial charge in [-0.1, -0.05) is 23.8 Å². The summed E-state index contributed by atoms with van der Waals surface area (Å²) < 4.78 is 0. The molecule has 0 saturated heterocycles. The molecule has 1 aromatic rings. The normalized spacial score (nSPS) is 24.1. The van der Waals surface area contributed by atoms with E-state index in [0.29, 0.717) is 6.04 Å². The van der Waals surface area contributed by atoms with Crippen LogP contribution in [0.3, 0.4) is 0 Å². The molecule has 0 radical (unpaired) electrons. The zero-order valence-corrected chi connectivity index (χ0v) is 10.6. The highest BCUT2D eigenvalue weighted by Crippen LogP contribution is 2.36. The molecule has 1 aromatic carbocycles. The van der Waals surface area contributed by atoms with Gasteiger partial charge in [0.05, 0.1) is 12.6 Å². The molecule has 1 aliphatic heterocycles. The van der Waals surface area contributed by atoms with Crippen LogP contribution in [0.1, 0.15) is 42.5 Å². The average Bonchev–Trinajstić information content (AvgIpc) is 2.75. The molecule has 3 rings (SSSR count). The van der Waals surface area contributed by atoms with Crippen molar-refractivity contribution in [2.45, 2.75) is 39.2 Å². The molecular weight excluding hydrogens is 210 g/mol. The summed E-state index contributed by atoms with van der Waals surface area (Å²) in [6.07, 6.45) is 5.84. The third kappa shape index (κ3) is 1.98. The lowest BCUT2D eigenvalue weighted by Gasteiger charge is -2.32. The van der Waals surface area contributed by atoms with E-state index in [1.165, 1.54) is 36.0 Å². The van der Waals surface area contributed by atoms with Gasteiger partial charge in [0.2, 0.25) is 0 Å². The van der Waals surface area contributed by atoms with Crippen LogP contribution >= 0.6 is 0 Å². The molecule has 2 aliphatic rings. The van der Waals surface area contributed by atoms with Crippen LogP contribution in [0, 0.1) is 6.92 Å². The van der Waals surface area contributed by atoms with Gasteiger partial charge in [0.15, 0.2) is 0 Å². The Morgan fingerprint density at radius 3 is 2.94 bits per heavy atom. The first-order valence-electron chi connectivity index (χ1n) is 6.45. The van der Waals surface area contributed by atoms with Gasteiger partial charge in [0, 0.05) is 0 Å². The number of benzene rings is 1. The van der Waals surface area contributed by atoms with Crippen molar-refractivity contribution in [1.82, 2.24) is 5.06 Å². The van der Waals surface area contributed by atoms with E-state index in [1.54, 1.807) is 0 Å². The zero-order valence-electron chi connectivity index (χ0n) is 10.6. The highest BCUT2D eigenvalue weighted by atomic mass is 16.7. The van der Waals surface area contributed by atoms with Crippen LogP contribution in [0.15, 0.2) is 30.0 Å². The van der Waals surface area contributed by atoms with Crippen LogP contribution in [0.2, 0.25) is 0 Å². The molecule has 0 amide bonds. The van der Waals surface area contributed by atoms with Gasteiger partial charge in [-0.2, -0.15) is 0 Å². The molecule has 0 N–H and O–H groups in total. The van der Waals surface area contributed by atoms with Crippen LogP contribution in [0.25, 0.3) is 0 Å². The molecule has 0 spiro atoms. The molecule has 1 heterocycles. The summed E-state index contributed by atoms with van der Waals surface area (Å²) in [6.45, 7) is 5.12. The molecule has 17 heavy (non-hydrogen) atoms. The Morgan fingerprint density at radius 2 is 2.18 bits per heavy atom. The first kappa shape index (κ1) is 10.8. The number of rotatable bonds is 1. The van der Waals surface area contributed by atoms with E-state index in [2.05, 4.69) is 36.3 Å². The van der Waals surface area contributed by atoms with Crippen molar-refractivity contribution in [3.05, 3.63) is 46.7 Å². The van der Waals surface area contributed by atoms with E-state index in [4.69, 9.17) is 4.84 Å². The predicted molar refractivity (Wildman–Crippen MR) is 68.4 cm³/mol. The van der Waals surface area contributed by atoms with E-state index < -0.39 is 0 Å². The number of hydroxylamine groups is 2. The van der Waals surface area contributed by atoms with Crippen molar-refractivity contribution >= 4 is 0 Å². The Hall–Kier alpha value is -1.28. The second-order valence-electron chi connectivity index (χ2n) is 5.12. The molecule has 2 nitrogen and oxygen atoms in total. The lowest BCUT2D eigenvalue weighted by Crippen LogP contribution is -2.28. The first-order valence-corrected chi connectivity index (χ1v) is 6.45. The van der Waals surface area contributed by atoms with Gasteiger partial charge in [-0.3, -0.25) is 0 Å². The summed E-state index contributed by atoms with van der Waals surface area (Å²) >= 11 is 0. The van der Waals surface area contributed by atoms with E-state index in [0.717, 1.165) is 12.3 Å². The molecule has 1 aliphatic carbocycles. The second-order valence-corrected chi connectivity index (χ2v) is 5.12. The van der Waals surface area contributed by atoms with Crippen LogP contribution in [0.4, 0.5) is 0 Å². The molecule has 0 saturated carbocycles. The maximum Gasteiger partial charge on any atom is 0.118 e. The van der Waals surface area contributed by atoms with Crippen LogP contribution in [-0.2, 0) is 11.3 Å². The summed E-state index contributed by atoms with van der Waals surface area (Å²) in [5, 5.41) is 2.13. The number of hydrogen-bond acceptors (Lipinski definition) is 2. The largest absolute Gasteiger partial charge is 0.410 e. The Morgan fingerprint density at radius 1 is 1.29 bits per heavy atom. The fraction of sp³-hybridized carbons (Fsp3) is 0.467. The minimum absolute atomic E-state index is 0.437. The van der Waals surface area contributed by atoms with Gasteiger partial charge in [0.25, 0.3) is 0 Å². The lowest BCUT2D eigenvalue weighted by molar-refractivity contribution is -0.129. The van der Waals surface area contributed by atoms with Crippen LogP contribution < -0.4 is 0 Å². The van der Waals surface area contributed by atoms with Crippen molar-refractivity contribution < 1.29 is 4.84 Å². The fourth-order valence-electron chi connectivity index (χ4n) is 2.86. The minimum Gasteiger partial charge on any atom is -0.410 e. The van der Waals surface area contributed by atoms with Gasteiger partial charge in [-0.15, -0.1) is 5.06 Å². The van der Waals surface area contributed by atoms with Crippen molar-refractivity contribution in [2.75, 3.05) is 6.54 Å². The highest BCUT2D eigenvalue weighted by molar-refractivity contribution is 5.35. The third-order valence-electron chi connectivity index (χ3n) is 3.75. The summed E-state index contributed by atoms with van der Waals surface area (Å²) in [7, 11) is 0. The fourth-order valence-corrected chi connectivity index (χ4v) is 2.86. The number of allylic oxidation sites excluding steroid dienone is 1. The van der Waals surface area contributed by atoms with E-state index >= 15 is 0 Å². The van der Waals surface area contributed by atoms with Crippen molar-refractivity contribution in [3.8, 4) is 0 Å². The monoisotopic (exact) mass is 229 g/mol. The first-order chi connectivity index (χ1) is 8.24. The standard InChI is InChI=1S/C15H19NO/c1-11-6-7-13-4-3-5-15(14(13)10-11)16-9-8-12(2)17-16/h6-8,10,15H,3-5,9H2,1-2H3. The van der Waals surface area contributed by atoms with Gasteiger partial charge in [-0.05, 0) is 50.3 Å². The molecular formula is C15H19NO. The smallest absolute Gasteiger partial charge is 0.118 e. The van der Waals surface area contributed by atoms with Gasteiger partial charge < -0.3 is 4.84 Å². The van der Waals surface area contributed by atoms with Crippen molar-refractivity contribution in [1.29, 1.82) is 0 Å². The molecule has 2 heteroatoms. The number of fused-ring (bicyclic) bond motifs is 1. The topological polar surface area (TPSA) is 12.5 Å². The van der Waals surface area contributed by atoms with Gasteiger partial charge >= 0.3 is 0 Å². The Balaban J connectivity index is 1.91. The van der Waals surface area contributed by atoms with E-state index in [-0.39, 0.29) is 0 Å². The Labute approximate surface area is 103 Å². The van der Waals surface area contributed by atoms with Crippen LogP contribution in [-0.4, -0.2) is 11.6 Å².